The highest BCUT2D eigenvalue weighted by molar-refractivity contribution is 5.91. The predicted octanol–water partition coefficient (Wildman–Crippen LogP) is 5.23. The first-order valence-corrected chi connectivity index (χ1v) is 9.58. The average molecular weight is 395 g/mol. The summed E-state index contributed by atoms with van der Waals surface area (Å²) in [5.41, 5.74) is 4.22. The lowest BCUT2D eigenvalue weighted by Crippen LogP contribution is -1.98. The van der Waals surface area contributed by atoms with Gasteiger partial charge in [-0.05, 0) is 41.5 Å². The summed E-state index contributed by atoms with van der Waals surface area (Å²) in [4.78, 5) is 4.63. The van der Waals surface area contributed by atoms with Crippen molar-refractivity contribution in [1.82, 2.24) is 9.55 Å². The number of fused-ring (bicyclic) bond motifs is 1. The van der Waals surface area contributed by atoms with Crippen LogP contribution in [0.4, 0.5) is 0 Å². The van der Waals surface area contributed by atoms with Gasteiger partial charge in [0, 0.05) is 7.05 Å². The Morgan fingerprint density at radius 1 is 1.03 bits per heavy atom. The Morgan fingerprint density at radius 2 is 1.80 bits per heavy atom. The Hall–Kier alpha value is -4.04. The number of methoxy groups -OCH3 is 1. The van der Waals surface area contributed by atoms with E-state index >= 15 is 0 Å². The predicted molar refractivity (Wildman–Crippen MR) is 118 cm³/mol. The van der Waals surface area contributed by atoms with E-state index in [4.69, 9.17) is 9.47 Å². The molecule has 0 radical (unpaired) electrons. The minimum atomic E-state index is 0.431. The summed E-state index contributed by atoms with van der Waals surface area (Å²) in [7, 11) is 3.53. The molecule has 1 aromatic heterocycles. The van der Waals surface area contributed by atoms with Crippen LogP contribution >= 0.6 is 0 Å². The SMILES string of the molecule is COc1ccc(C=C(C#N)c2nc3ccccc3n2C)cc1OCc1ccccc1. The van der Waals surface area contributed by atoms with Crippen LogP contribution in [0.2, 0.25) is 0 Å². The molecule has 0 aliphatic heterocycles. The first kappa shape index (κ1) is 19.3. The monoisotopic (exact) mass is 395 g/mol. The maximum Gasteiger partial charge on any atom is 0.162 e. The molecule has 0 bridgehead atoms. The fourth-order valence-electron chi connectivity index (χ4n) is 3.33. The van der Waals surface area contributed by atoms with Gasteiger partial charge >= 0.3 is 0 Å². The van der Waals surface area contributed by atoms with Gasteiger partial charge < -0.3 is 14.0 Å². The molecule has 4 aromatic rings. The first-order valence-electron chi connectivity index (χ1n) is 9.58. The molecule has 1 heterocycles. The molecule has 0 aliphatic carbocycles. The largest absolute Gasteiger partial charge is 0.493 e. The second-order valence-electron chi connectivity index (χ2n) is 6.84. The molecule has 0 N–H and O–H groups in total. The molecule has 148 valence electrons. The van der Waals surface area contributed by atoms with E-state index in [9.17, 15) is 5.26 Å². The van der Waals surface area contributed by atoms with Crippen LogP contribution in [0.3, 0.4) is 0 Å². The fraction of sp³-hybridized carbons (Fsp3) is 0.120. The number of hydrogen-bond donors (Lipinski definition) is 0. The summed E-state index contributed by atoms with van der Waals surface area (Å²) in [5, 5.41) is 9.78. The zero-order chi connectivity index (χ0) is 20.9. The fourth-order valence-corrected chi connectivity index (χ4v) is 3.33. The Kier molecular flexibility index (Phi) is 5.49. The van der Waals surface area contributed by atoms with Gasteiger partial charge in [0.15, 0.2) is 17.3 Å². The molecule has 5 heteroatoms. The number of ether oxygens (including phenoxy) is 2. The molecule has 0 fully saturated rings. The van der Waals surface area contributed by atoms with Crippen molar-refractivity contribution >= 4 is 22.7 Å². The zero-order valence-electron chi connectivity index (χ0n) is 16.9. The van der Waals surface area contributed by atoms with E-state index in [1.165, 1.54) is 0 Å². The minimum absolute atomic E-state index is 0.431. The van der Waals surface area contributed by atoms with Crippen molar-refractivity contribution in [2.24, 2.45) is 7.05 Å². The van der Waals surface area contributed by atoms with Crippen LogP contribution in [0.25, 0.3) is 22.7 Å². The highest BCUT2D eigenvalue weighted by Gasteiger charge is 2.13. The second kappa shape index (κ2) is 8.54. The van der Waals surface area contributed by atoms with Crippen LogP contribution in [0.1, 0.15) is 17.0 Å². The average Bonchev–Trinajstić information content (AvgIpc) is 3.13. The smallest absolute Gasteiger partial charge is 0.162 e. The molecule has 0 saturated heterocycles. The van der Waals surface area contributed by atoms with Crippen LogP contribution in [0.15, 0.2) is 72.8 Å². The molecular formula is C25H21N3O2. The summed E-state index contributed by atoms with van der Waals surface area (Å²) in [6.07, 6.45) is 1.82. The lowest BCUT2D eigenvalue weighted by Gasteiger charge is -2.12. The summed E-state index contributed by atoms with van der Waals surface area (Å²) < 4.78 is 13.4. The topological polar surface area (TPSA) is 60.1 Å². The van der Waals surface area contributed by atoms with E-state index in [2.05, 4.69) is 11.1 Å². The maximum absolute atomic E-state index is 9.78. The minimum Gasteiger partial charge on any atom is -0.493 e. The number of imidazole rings is 1. The van der Waals surface area contributed by atoms with Crippen molar-refractivity contribution in [2.45, 2.75) is 6.61 Å². The molecule has 30 heavy (non-hydrogen) atoms. The standard InChI is InChI=1S/C25H21N3O2/c1-28-22-11-7-6-10-21(22)27-25(28)20(16-26)14-19-12-13-23(29-2)24(15-19)30-17-18-8-4-3-5-9-18/h3-15H,17H2,1-2H3. The van der Waals surface area contributed by atoms with Gasteiger partial charge in [0.2, 0.25) is 0 Å². The lowest BCUT2D eigenvalue weighted by atomic mass is 10.1. The summed E-state index contributed by atoms with van der Waals surface area (Å²) in [6, 6.07) is 25.7. The molecule has 0 saturated carbocycles. The van der Waals surface area contributed by atoms with Crippen LogP contribution in [0.5, 0.6) is 11.5 Å². The highest BCUT2D eigenvalue weighted by atomic mass is 16.5. The van der Waals surface area contributed by atoms with Gasteiger partial charge in [0.25, 0.3) is 0 Å². The van der Waals surface area contributed by atoms with Gasteiger partial charge in [-0.1, -0.05) is 48.5 Å². The van der Waals surface area contributed by atoms with E-state index in [1.807, 2.05) is 90.5 Å². The number of para-hydroxylation sites is 2. The van der Waals surface area contributed by atoms with Crippen molar-refractivity contribution in [3.63, 3.8) is 0 Å². The molecule has 0 amide bonds. The van der Waals surface area contributed by atoms with Crippen molar-refractivity contribution in [3.05, 3.63) is 89.7 Å². The third-order valence-corrected chi connectivity index (χ3v) is 4.88. The Bertz CT molecular complexity index is 1250. The molecule has 4 rings (SSSR count). The van der Waals surface area contributed by atoms with Gasteiger partial charge in [-0.2, -0.15) is 5.26 Å². The highest BCUT2D eigenvalue weighted by Crippen LogP contribution is 2.31. The molecule has 0 aliphatic rings. The third-order valence-electron chi connectivity index (χ3n) is 4.88. The van der Waals surface area contributed by atoms with E-state index in [0.717, 1.165) is 22.2 Å². The van der Waals surface area contributed by atoms with E-state index in [-0.39, 0.29) is 0 Å². The molecule has 3 aromatic carbocycles. The summed E-state index contributed by atoms with van der Waals surface area (Å²) in [5.74, 6) is 1.89. The quantitative estimate of drug-likeness (QED) is 0.420. The molecule has 0 spiro atoms. The van der Waals surface area contributed by atoms with Crippen molar-refractivity contribution in [1.29, 1.82) is 5.26 Å². The van der Waals surface area contributed by atoms with Gasteiger partial charge in [-0.3, -0.25) is 0 Å². The second-order valence-corrected chi connectivity index (χ2v) is 6.84. The molecular weight excluding hydrogens is 374 g/mol. The summed E-state index contributed by atoms with van der Waals surface area (Å²) >= 11 is 0. The number of hydrogen-bond acceptors (Lipinski definition) is 4. The van der Waals surface area contributed by atoms with E-state index in [0.29, 0.717) is 29.5 Å². The number of nitriles is 1. The third kappa shape index (κ3) is 3.89. The number of nitrogens with zero attached hydrogens (tertiary/aromatic N) is 3. The van der Waals surface area contributed by atoms with Crippen molar-refractivity contribution < 1.29 is 9.47 Å². The van der Waals surface area contributed by atoms with Gasteiger partial charge in [-0.15, -0.1) is 0 Å². The van der Waals surface area contributed by atoms with Gasteiger partial charge in [-0.25, -0.2) is 4.98 Å². The van der Waals surface area contributed by atoms with Crippen molar-refractivity contribution in [3.8, 4) is 17.6 Å². The van der Waals surface area contributed by atoms with Crippen LogP contribution < -0.4 is 9.47 Å². The van der Waals surface area contributed by atoms with Crippen LogP contribution in [-0.2, 0) is 13.7 Å². The first-order chi connectivity index (χ1) is 14.7. The molecule has 5 nitrogen and oxygen atoms in total. The van der Waals surface area contributed by atoms with Crippen LogP contribution in [0, 0.1) is 11.3 Å². The molecule has 0 atom stereocenters. The van der Waals surface area contributed by atoms with Crippen molar-refractivity contribution in [2.75, 3.05) is 7.11 Å². The Labute approximate surface area is 175 Å². The summed E-state index contributed by atoms with van der Waals surface area (Å²) in [6.45, 7) is 0.431. The Morgan fingerprint density at radius 3 is 2.53 bits per heavy atom. The zero-order valence-corrected chi connectivity index (χ0v) is 16.9. The lowest BCUT2D eigenvalue weighted by molar-refractivity contribution is 0.284. The van der Waals surface area contributed by atoms with Gasteiger partial charge in [0.05, 0.1) is 23.7 Å². The van der Waals surface area contributed by atoms with E-state index in [1.54, 1.807) is 7.11 Å². The molecule has 0 unspecified atom stereocenters. The van der Waals surface area contributed by atoms with Gasteiger partial charge in [0.1, 0.15) is 12.7 Å². The number of aromatic nitrogens is 2. The number of allylic oxidation sites excluding steroid dienone is 1. The van der Waals surface area contributed by atoms with Crippen LogP contribution in [-0.4, -0.2) is 16.7 Å². The maximum atomic E-state index is 9.78. The normalized spacial score (nSPS) is 11.3. The Balaban J connectivity index is 1.67. The number of benzene rings is 3. The number of rotatable bonds is 6. The van der Waals surface area contributed by atoms with E-state index < -0.39 is 0 Å². The number of aryl methyl sites for hydroxylation is 1.